The van der Waals surface area contributed by atoms with E-state index in [1.807, 2.05) is 0 Å². The van der Waals surface area contributed by atoms with E-state index in [-0.39, 0.29) is 0 Å². The van der Waals surface area contributed by atoms with Crippen molar-refractivity contribution >= 4 is 21.5 Å². The molecule has 4 aromatic rings. The van der Waals surface area contributed by atoms with Crippen molar-refractivity contribution in [3.63, 3.8) is 0 Å². The molecule has 1 nitrogen and oxygen atoms in total. The Hall–Kier alpha value is -2.67. The number of aromatic nitrogens is 1. The fraction of sp³-hybridized carbons (Fsp3) is 0.174. The molecule has 1 aliphatic carbocycles. The minimum atomic E-state index is 0.421. The van der Waals surface area contributed by atoms with E-state index in [9.17, 15) is 0 Å². The highest BCUT2D eigenvalue weighted by Gasteiger charge is 2.25. The molecule has 0 fully saturated rings. The number of hydrogen-bond acceptors (Lipinski definition) is 1. The van der Waals surface area contributed by atoms with Gasteiger partial charge in [0.25, 0.3) is 0 Å². The average molecular weight is 309 g/mol. The third-order valence-corrected chi connectivity index (χ3v) is 5.24. The molecule has 0 bridgehead atoms. The molecule has 0 saturated carbocycles. The van der Waals surface area contributed by atoms with Crippen LogP contribution in [-0.4, -0.2) is 4.98 Å². The standard InChI is InChI=1S/C23H19N/c1-14(2)22-18-10-6-5-9-17(18)21-13-20-16-8-4-3-7-15(16)11-12-19(20)23(21)24-22/h3-12,14H,13H2,1-2H3. The van der Waals surface area contributed by atoms with Gasteiger partial charge in [0.1, 0.15) is 0 Å². The quantitative estimate of drug-likeness (QED) is 0.365. The van der Waals surface area contributed by atoms with Gasteiger partial charge in [0.2, 0.25) is 0 Å². The van der Waals surface area contributed by atoms with Gasteiger partial charge < -0.3 is 0 Å². The molecular formula is C23H19N. The Morgan fingerprint density at radius 1 is 0.750 bits per heavy atom. The first-order valence-electron chi connectivity index (χ1n) is 8.66. The first kappa shape index (κ1) is 13.7. The van der Waals surface area contributed by atoms with Crippen molar-refractivity contribution in [1.82, 2.24) is 4.98 Å². The fourth-order valence-electron chi connectivity index (χ4n) is 4.11. The molecule has 1 heteroatoms. The Labute approximate surface area is 142 Å². The second-order valence-electron chi connectivity index (χ2n) is 7.01. The molecule has 116 valence electrons. The minimum absolute atomic E-state index is 0.421. The van der Waals surface area contributed by atoms with Crippen LogP contribution in [0.1, 0.15) is 36.6 Å². The van der Waals surface area contributed by atoms with Crippen LogP contribution in [0.2, 0.25) is 0 Å². The molecule has 0 aliphatic heterocycles. The van der Waals surface area contributed by atoms with Crippen molar-refractivity contribution < 1.29 is 0 Å². The number of fused-ring (bicyclic) bond motifs is 7. The van der Waals surface area contributed by atoms with E-state index in [0.29, 0.717) is 5.92 Å². The molecule has 0 spiro atoms. The molecule has 0 saturated heterocycles. The summed E-state index contributed by atoms with van der Waals surface area (Å²) in [5.74, 6) is 0.421. The Morgan fingerprint density at radius 3 is 2.25 bits per heavy atom. The van der Waals surface area contributed by atoms with Crippen LogP contribution in [0.5, 0.6) is 0 Å². The summed E-state index contributed by atoms with van der Waals surface area (Å²) >= 11 is 0. The molecule has 0 radical (unpaired) electrons. The molecule has 0 atom stereocenters. The molecular weight excluding hydrogens is 290 g/mol. The molecule has 0 unspecified atom stereocenters. The van der Waals surface area contributed by atoms with Gasteiger partial charge in [0.15, 0.2) is 0 Å². The van der Waals surface area contributed by atoms with Crippen LogP contribution in [0.3, 0.4) is 0 Å². The van der Waals surface area contributed by atoms with Crippen molar-refractivity contribution in [2.24, 2.45) is 0 Å². The summed E-state index contributed by atoms with van der Waals surface area (Å²) in [6.07, 6.45) is 0.984. The summed E-state index contributed by atoms with van der Waals surface area (Å²) in [5.41, 5.74) is 6.54. The second kappa shape index (κ2) is 4.91. The Bertz CT molecular complexity index is 1110. The third-order valence-electron chi connectivity index (χ3n) is 5.24. The van der Waals surface area contributed by atoms with Crippen molar-refractivity contribution in [1.29, 1.82) is 0 Å². The van der Waals surface area contributed by atoms with Gasteiger partial charge in [-0.15, -0.1) is 0 Å². The fourth-order valence-corrected chi connectivity index (χ4v) is 4.11. The number of pyridine rings is 1. The maximum absolute atomic E-state index is 5.13. The predicted octanol–water partition coefficient (Wildman–Crippen LogP) is 6.08. The van der Waals surface area contributed by atoms with Gasteiger partial charge in [0, 0.05) is 17.4 Å². The van der Waals surface area contributed by atoms with Crippen molar-refractivity contribution in [3.05, 3.63) is 77.5 Å². The van der Waals surface area contributed by atoms with Crippen LogP contribution in [0, 0.1) is 0 Å². The monoisotopic (exact) mass is 309 g/mol. The third kappa shape index (κ3) is 1.78. The van der Waals surface area contributed by atoms with E-state index in [4.69, 9.17) is 4.98 Å². The van der Waals surface area contributed by atoms with E-state index in [1.54, 1.807) is 0 Å². The van der Waals surface area contributed by atoms with Crippen LogP contribution in [-0.2, 0) is 6.42 Å². The zero-order chi connectivity index (χ0) is 16.3. The second-order valence-corrected chi connectivity index (χ2v) is 7.01. The van der Waals surface area contributed by atoms with Crippen molar-refractivity contribution in [3.8, 4) is 11.3 Å². The summed E-state index contributed by atoms with van der Waals surface area (Å²) in [6.45, 7) is 4.47. The summed E-state index contributed by atoms with van der Waals surface area (Å²) in [4.78, 5) is 5.13. The topological polar surface area (TPSA) is 12.9 Å². The SMILES string of the molecule is CC(C)c1nc2c(c3ccccc13)Cc1c-2ccc2ccccc12. The minimum Gasteiger partial charge on any atom is -0.252 e. The van der Waals surface area contributed by atoms with E-state index >= 15 is 0 Å². The van der Waals surface area contributed by atoms with E-state index in [0.717, 1.165) is 6.42 Å². The molecule has 3 aromatic carbocycles. The first-order valence-corrected chi connectivity index (χ1v) is 8.66. The van der Waals surface area contributed by atoms with Crippen molar-refractivity contribution in [2.75, 3.05) is 0 Å². The van der Waals surface area contributed by atoms with Crippen LogP contribution >= 0.6 is 0 Å². The van der Waals surface area contributed by atoms with Crippen LogP contribution < -0.4 is 0 Å². The van der Waals surface area contributed by atoms with Gasteiger partial charge in [-0.3, -0.25) is 4.98 Å². The Morgan fingerprint density at radius 2 is 1.46 bits per heavy atom. The van der Waals surface area contributed by atoms with E-state index in [1.165, 1.54) is 49.6 Å². The smallest absolute Gasteiger partial charge is 0.0750 e. The van der Waals surface area contributed by atoms with Crippen LogP contribution in [0.25, 0.3) is 32.8 Å². The van der Waals surface area contributed by atoms with Gasteiger partial charge in [0.05, 0.1) is 11.4 Å². The summed E-state index contributed by atoms with van der Waals surface area (Å²) in [7, 11) is 0. The van der Waals surface area contributed by atoms with E-state index < -0.39 is 0 Å². The highest BCUT2D eigenvalue weighted by atomic mass is 14.7. The number of rotatable bonds is 1. The largest absolute Gasteiger partial charge is 0.252 e. The lowest BCUT2D eigenvalue weighted by molar-refractivity contribution is 0.835. The normalized spacial score (nSPS) is 12.8. The highest BCUT2D eigenvalue weighted by molar-refractivity contribution is 6.00. The molecule has 0 N–H and O–H groups in total. The molecule has 0 amide bonds. The zero-order valence-electron chi connectivity index (χ0n) is 14.0. The predicted molar refractivity (Wildman–Crippen MR) is 102 cm³/mol. The lowest BCUT2D eigenvalue weighted by atomic mass is 9.97. The molecule has 1 heterocycles. The average Bonchev–Trinajstić information content (AvgIpc) is 3.00. The zero-order valence-corrected chi connectivity index (χ0v) is 14.0. The first-order chi connectivity index (χ1) is 11.7. The maximum Gasteiger partial charge on any atom is 0.0750 e. The Balaban J connectivity index is 1.89. The molecule has 1 aliphatic rings. The van der Waals surface area contributed by atoms with Gasteiger partial charge in [-0.25, -0.2) is 0 Å². The molecule has 24 heavy (non-hydrogen) atoms. The number of benzene rings is 3. The van der Waals surface area contributed by atoms with Gasteiger partial charge in [-0.05, 0) is 33.2 Å². The lowest BCUT2D eigenvalue weighted by Gasteiger charge is -2.13. The van der Waals surface area contributed by atoms with E-state index in [2.05, 4.69) is 74.5 Å². The van der Waals surface area contributed by atoms with Gasteiger partial charge in [-0.2, -0.15) is 0 Å². The summed E-state index contributed by atoms with van der Waals surface area (Å²) in [6, 6.07) is 21.9. The van der Waals surface area contributed by atoms with Gasteiger partial charge >= 0.3 is 0 Å². The van der Waals surface area contributed by atoms with Crippen molar-refractivity contribution in [2.45, 2.75) is 26.2 Å². The van der Waals surface area contributed by atoms with Crippen LogP contribution in [0.15, 0.2) is 60.7 Å². The lowest BCUT2D eigenvalue weighted by Crippen LogP contribution is -1.98. The highest BCUT2D eigenvalue weighted by Crippen LogP contribution is 2.43. The molecule has 1 aromatic heterocycles. The summed E-state index contributed by atoms with van der Waals surface area (Å²) in [5, 5.41) is 5.36. The number of nitrogens with zero attached hydrogens (tertiary/aromatic N) is 1. The number of hydrogen-bond donors (Lipinski definition) is 0. The summed E-state index contributed by atoms with van der Waals surface area (Å²) < 4.78 is 0. The molecule has 5 rings (SSSR count). The Kier molecular flexibility index (Phi) is 2.81. The maximum atomic E-state index is 5.13. The van der Waals surface area contributed by atoms with Gasteiger partial charge in [-0.1, -0.05) is 74.5 Å². The van der Waals surface area contributed by atoms with Crippen LogP contribution in [0.4, 0.5) is 0 Å².